The van der Waals surface area contributed by atoms with Crippen LogP contribution in [0.5, 0.6) is 0 Å². The Kier molecular flexibility index (Phi) is 5.78. The molecule has 1 unspecified atom stereocenters. The second-order valence-corrected chi connectivity index (χ2v) is 7.57. The van der Waals surface area contributed by atoms with Gasteiger partial charge in [0.15, 0.2) is 0 Å². The normalized spacial score (nSPS) is 13.3. The number of hydrogen-bond acceptors (Lipinski definition) is 3. The quantitative estimate of drug-likeness (QED) is 0.867. The third-order valence-corrected chi connectivity index (χ3v) is 4.50. The standard InChI is InChI=1S/C14H21ClN2O3S/c1-8(2)5-9(3)17-14(18)11-6-12(15)10(4)13(7-11)21(16,19)20/h6-9H,5H2,1-4H3,(H,17,18)(H2,16,19,20). The number of nitrogens with one attached hydrogen (secondary N) is 1. The predicted octanol–water partition coefficient (Wildman–Crippen LogP) is 2.46. The van der Waals surface area contributed by atoms with Gasteiger partial charge in [0.2, 0.25) is 10.0 Å². The number of amides is 1. The zero-order valence-electron chi connectivity index (χ0n) is 12.6. The number of primary sulfonamides is 1. The molecule has 0 heterocycles. The molecule has 0 aliphatic carbocycles. The highest BCUT2D eigenvalue weighted by molar-refractivity contribution is 7.89. The third-order valence-electron chi connectivity index (χ3n) is 3.07. The van der Waals surface area contributed by atoms with Gasteiger partial charge in [0, 0.05) is 16.6 Å². The van der Waals surface area contributed by atoms with Gasteiger partial charge in [-0.25, -0.2) is 13.6 Å². The lowest BCUT2D eigenvalue weighted by Crippen LogP contribution is -2.33. The van der Waals surface area contributed by atoms with Gasteiger partial charge in [-0.3, -0.25) is 4.79 Å². The minimum atomic E-state index is -3.92. The lowest BCUT2D eigenvalue weighted by molar-refractivity contribution is 0.0936. The molecule has 5 nitrogen and oxygen atoms in total. The van der Waals surface area contributed by atoms with E-state index < -0.39 is 10.0 Å². The molecule has 1 rings (SSSR count). The molecule has 0 saturated carbocycles. The molecule has 118 valence electrons. The van der Waals surface area contributed by atoms with Crippen molar-refractivity contribution in [2.24, 2.45) is 11.1 Å². The molecule has 1 atom stereocenters. The van der Waals surface area contributed by atoms with Gasteiger partial charge in [0.25, 0.3) is 5.91 Å². The molecule has 0 fully saturated rings. The van der Waals surface area contributed by atoms with Crippen LogP contribution in [0.2, 0.25) is 5.02 Å². The van der Waals surface area contributed by atoms with E-state index in [4.69, 9.17) is 16.7 Å². The van der Waals surface area contributed by atoms with Crippen LogP contribution in [0.1, 0.15) is 43.1 Å². The Balaban J connectivity index is 3.09. The van der Waals surface area contributed by atoms with Crippen molar-refractivity contribution in [1.82, 2.24) is 5.32 Å². The van der Waals surface area contributed by atoms with Gasteiger partial charge in [-0.1, -0.05) is 25.4 Å². The molecule has 1 amide bonds. The lowest BCUT2D eigenvalue weighted by atomic mass is 10.0. The van der Waals surface area contributed by atoms with Crippen molar-refractivity contribution in [3.8, 4) is 0 Å². The maximum absolute atomic E-state index is 12.2. The van der Waals surface area contributed by atoms with Crippen LogP contribution in [0, 0.1) is 12.8 Å². The predicted molar refractivity (Wildman–Crippen MR) is 83.9 cm³/mol. The minimum absolute atomic E-state index is 0.0180. The number of rotatable bonds is 5. The molecule has 0 aromatic heterocycles. The van der Waals surface area contributed by atoms with Crippen molar-refractivity contribution in [2.75, 3.05) is 0 Å². The van der Waals surface area contributed by atoms with Crippen molar-refractivity contribution in [3.05, 3.63) is 28.3 Å². The van der Waals surface area contributed by atoms with Crippen LogP contribution in [0.25, 0.3) is 0 Å². The Labute approximate surface area is 130 Å². The molecular formula is C14H21ClN2O3S. The van der Waals surface area contributed by atoms with Crippen molar-refractivity contribution in [2.45, 2.75) is 45.1 Å². The summed E-state index contributed by atoms with van der Waals surface area (Å²) < 4.78 is 23.1. The maximum atomic E-state index is 12.2. The second kappa shape index (κ2) is 6.77. The molecule has 1 aromatic rings. The summed E-state index contributed by atoms with van der Waals surface area (Å²) in [5.74, 6) is 0.0804. The topological polar surface area (TPSA) is 89.3 Å². The molecule has 0 aliphatic rings. The highest BCUT2D eigenvalue weighted by atomic mass is 35.5. The van der Waals surface area contributed by atoms with Gasteiger partial charge >= 0.3 is 0 Å². The summed E-state index contributed by atoms with van der Waals surface area (Å²) in [6.45, 7) is 7.56. The molecule has 7 heteroatoms. The molecule has 0 saturated heterocycles. The number of carbonyl (C=O) groups excluding carboxylic acids is 1. The zero-order valence-corrected chi connectivity index (χ0v) is 14.2. The van der Waals surface area contributed by atoms with E-state index in [9.17, 15) is 13.2 Å². The number of carbonyl (C=O) groups is 1. The Morgan fingerprint density at radius 2 is 1.90 bits per heavy atom. The first-order chi connectivity index (χ1) is 9.52. The van der Waals surface area contributed by atoms with E-state index in [0.29, 0.717) is 11.5 Å². The molecule has 1 aromatic carbocycles. The first-order valence-corrected chi connectivity index (χ1v) is 8.58. The lowest BCUT2D eigenvalue weighted by Gasteiger charge is -2.16. The monoisotopic (exact) mass is 332 g/mol. The second-order valence-electron chi connectivity index (χ2n) is 5.63. The van der Waals surface area contributed by atoms with Crippen LogP contribution in [0.4, 0.5) is 0 Å². The highest BCUT2D eigenvalue weighted by Crippen LogP contribution is 2.24. The van der Waals surface area contributed by atoms with Gasteiger partial charge < -0.3 is 5.32 Å². The number of nitrogens with two attached hydrogens (primary N) is 1. The summed E-state index contributed by atoms with van der Waals surface area (Å²) in [7, 11) is -3.92. The van der Waals surface area contributed by atoms with E-state index in [-0.39, 0.29) is 27.4 Å². The van der Waals surface area contributed by atoms with Crippen molar-refractivity contribution >= 4 is 27.5 Å². The van der Waals surface area contributed by atoms with Crippen molar-refractivity contribution < 1.29 is 13.2 Å². The summed E-state index contributed by atoms with van der Waals surface area (Å²) >= 11 is 5.99. The highest BCUT2D eigenvalue weighted by Gasteiger charge is 2.19. The van der Waals surface area contributed by atoms with Gasteiger partial charge in [-0.15, -0.1) is 0 Å². The smallest absolute Gasteiger partial charge is 0.251 e. The number of benzene rings is 1. The average Bonchev–Trinajstić information content (AvgIpc) is 2.29. The fourth-order valence-corrected chi connectivity index (χ4v) is 3.26. The number of halogens is 1. The summed E-state index contributed by atoms with van der Waals surface area (Å²) in [5, 5.41) is 8.16. The van der Waals surface area contributed by atoms with Crippen LogP contribution >= 0.6 is 11.6 Å². The Morgan fingerprint density at radius 1 is 1.33 bits per heavy atom. The summed E-state index contributed by atoms with van der Waals surface area (Å²) in [6, 6.07) is 2.69. The fourth-order valence-electron chi connectivity index (χ4n) is 2.15. The Hall–Kier alpha value is -1.11. The van der Waals surface area contributed by atoms with E-state index in [0.717, 1.165) is 6.42 Å². The summed E-state index contributed by atoms with van der Waals surface area (Å²) in [6.07, 6.45) is 0.827. The van der Waals surface area contributed by atoms with Crippen LogP contribution in [0.3, 0.4) is 0 Å². The van der Waals surface area contributed by atoms with E-state index in [2.05, 4.69) is 19.2 Å². The van der Waals surface area contributed by atoms with Gasteiger partial charge in [0.1, 0.15) is 0 Å². The maximum Gasteiger partial charge on any atom is 0.251 e. The van der Waals surface area contributed by atoms with E-state index in [1.807, 2.05) is 6.92 Å². The Bertz CT molecular complexity index is 642. The van der Waals surface area contributed by atoms with Crippen molar-refractivity contribution in [1.29, 1.82) is 0 Å². The zero-order chi connectivity index (χ0) is 16.4. The van der Waals surface area contributed by atoms with Gasteiger partial charge in [-0.05, 0) is 43.9 Å². The molecule has 0 spiro atoms. The SMILES string of the molecule is Cc1c(Cl)cc(C(=O)NC(C)CC(C)C)cc1S(N)(=O)=O. The molecule has 0 bridgehead atoms. The largest absolute Gasteiger partial charge is 0.350 e. The third kappa shape index (κ3) is 4.98. The first kappa shape index (κ1) is 17.9. The van der Waals surface area contributed by atoms with E-state index in [1.54, 1.807) is 6.92 Å². The van der Waals surface area contributed by atoms with Crippen LogP contribution in [-0.4, -0.2) is 20.4 Å². The molecular weight excluding hydrogens is 312 g/mol. The molecule has 0 radical (unpaired) electrons. The molecule has 0 aliphatic heterocycles. The number of sulfonamides is 1. The van der Waals surface area contributed by atoms with Crippen LogP contribution < -0.4 is 10.5 Å². The first-order valence-electron chi connectivity index (χ1n) is 6.66. The summed E-state index contributed by atoms with van der Waals surface area (Å²) in [5.41, 5.74) is 0.524. The fraction of sp³-hybridized carbons (Fsp3) is 0.500. The Morgan fingerprint density at radius 3 is 2.38 bits per heavy atom. The van der Waals surface area contributed by atoms with Crippen LogP contribution in [0.15, 0.2) is 17.0 Å². The minimum Gasteiger partial charge on any atom is -0.350 e. The van der Waals surface area contributed by atoms with Gasteiger partial charge in [0.05, 0.1) is 4.90 Å². The van der Waals surface area contributed by atoms with E-state index in [1.165, 1.54) is 12.1 Å². The average molecular weight is 333 g/mol. The van der Waals surface area contributed by atoms with E-state index >= 15 is 0 Å². The number of hydrogen-bond donors (Lipinski definition) is 2. The van der Waals surface area contributed by atoms with Crippen molar-refractivity contribution in [3.63, 3.8) is 0 Å². The van der Waals surface area contributed by atoms with Crippen LogP contribution in [-0.2, 0) is 10.0 Å². The van der Waals surface area contributed by atoms with Gasteiger partial charge in [-0.2, -0.15) is 0 Å². The summed E-state index contributed by atoms with van der Waals surface area (Å²) in [4.78, 5) is 12.0. The molecule has 21 heavy (non-hydrogen) atoms. The molecule has 3 N–H and O–H groups in total.